The van der Waals surface area contributed by atoms with E-state index in [2.05, 4.69) is 29.0 Å². The lowest BCUT2D eigenvalue weighted by atomic mass is 9.75. The van der Waals surface area contributed by atoms with Crippen LogP contribution in [-0.4, -0.2) is 23.5 Å². The van der Waals surface area contributed by atoms with Gasteiger partial charge in [-0.1, -0.05) is 13.8 Å². The zero-order valence-corrected chi connectivity index (χ0v) is 11.2. The Morgan fingerprint density at radius 2 is 2.28 bits per heavy atom. The molecule has 1 fully saturated rings. The van der Waals surface area contributed by atoms with Gasteiger partial charge in [-0.3, -0.25) is 4.79 Å². The van der Waals surface area contributed by atoms with Gasteiger partial charge in [0.15, 0.2) is 5.82 Å². The van der Waals surface area contributed by atoms with Gasteiger partial charge < -0.3 is 10.2 Å². The number of carbonyl (C=O) groups is 1. The summed E-state index contributed by atoms with van der Waals surface area (Å²) in [5.74, 6) is 1.04. The number of amides is 1. The van der Waals surface area contributed by atoms with Gasteiger partial charge in [0.1, 0.15) is 6.04 Å². The van der Waals surface area contributed by atoms with Crippen LogP contribution in [-0.2, 0) is 4.79 Å². The SMILES string of the molecule is Cc1cnc2c(c1)NC(=O)C1N2CCCC1(C)C. The first-order valence-corrected chi connectivity index (χ1v) is 6.53. The number of aryl methyl sites for hydroxylation is 1. The molecule has 0 aromatic carbocycles. The molecule has 0 aliphatic carbocycles. The summed E-state index contributed by atoms with van der Waals surface area (Å²) in [4.78, 5) is 19.0. The van der Waals surface area contributed by atoms with Gasteiger partial charge in [-0.25, -0.2) is 4.98 Å². The van der Waals surface area contributed by atoms with E-state index in [1.807, 2.05) is 19.2 Å². The van der Waals surface area contributed by atoms with Gasteiger partial charge in [0.25, 0.3) is 0 Å². The van der Waals surface area contributed by atoms with Gasteiger partial charge in [0, 0.05) is 12.7 Å². The third kappa shape index (κ3) is 1.59. The minimum Gasteiger partial charge on any atom is -0.342 e. The second kappa shape index (κ2) is 3.70. The van der Waals surface area contributed by atoms with Gasteiger partial charge in [-0.05, 0) is 36.8 Å². The second-order valence-corrected chi connectivity index (χ2v) is 6.06. The molecule has 1 unspecified atom stereocenters. The topological polar surface area (TPSA) is 45.2 Å². The third-order valence-corrected chi connectivity index (χ3v) is 4.05. The molecular weight excluding hydrogens is 226 g/mol. The first-order valence-electron chi connectivity index (χ1n) is 6.53. The van der Waals surface area contributed by atoms with Crippen molar-refractivity contribution in [2.24, 2.45) is 5.41 Å². The monoisotopic (exact) mass is 245 g/mol. The van der Waals surface area contributed by atoms with Crippen LogP contribution in [0.25, 0.3) is 0 Å². The number of nitrogens with one attached hydrogen (secondary N) is 1. The number of hydrogen-bond acceptors (Lipinski definition) is 3. The number of anilines is 2. The highest BCUT2D eigenvalue weighted by molar-refractivity contribution is 6.03. The summed E-state index contributed by atoms with van der Waals surface area (Å²) in [7, 11) is 0. The minimum absolute atomic E-state index is 0.00654. The summed E-state index contributed by atoms with van der Waals surface area (Å²) in [5.41, 5.74) is 1.93. The third-order valence-electron chi connectivity index (χ3n) is 4.05. The predicted octanol–water partition coefficient (Wildman–Crippen LogP) is 2.34. The molecule has 3 heterocycles. The average molecular weight is 245 g/mol. The lowest BCUT2D eigenvalue weighted by Gasteiger charge is -2.48. The molecule has 0 bridgehead atoms. The average Bonchev–Trinajstić information content (AvgIpc) is 2.27. The van der Waals surface area contributed by atoms with Crippen LogP contribution < -0.4 is 10.2 Å². The van der Waals surface area contributed by atoms with Crippen molar-refractivity contribution in [3.63, 3.8) is 0 Å². The van der Waals surface area contributed by atoms with Gasteiger partial charge >= 0.3 is 0 Å². The molecule has 1 N–H and O–H groups in total. The van der Waals surface area contributed by atoms with E-state index in [1.165, 1.54) is 0 Å². The number of nitrogens with zero attached hydrogens (tertiary/aromatic N) is 2. The Bertz CT molecular complexity index is 510. The Kier molecular flexibility index (Phi) is 2.37. The molecule has 3 rings (SSSR count). The Balaban J connectivity index is 2.09. The van der Waals surface area contributed by atoms with Crippen LogP contribution in [0.3, 0.4) is 0 Å². The molecule has 96 valence electrons. The Hall–Kier alpha value is -1.58. The number of rotatable bonds is 0. The highest BCUT2D eigenvalue weighted by Gasteiger charge is 2.46. The van der Waals surface area contributed by atoms with Crippen molar-refractivity contribution in [3.8, 4) is 0 Å². The molecule has 0 radical (unpaired) electrons. The Morgan fingerprint density at radius 3 is 3.06 bits per heavy atom. The van der Waals surface area contributed by atoms with Crippen LogP contribution in [0.15, 0.2) is 12.3 Å². The summed E-state index contributed by atoms with van der Waals surface area (Å²) >= 11 is 0. The Morgan fingerprint density at radius 1 is 1.50 bits per heavy atom. The summed E-state index contributed by atoms with van der Waals surface area (Å²) in [6, 6.07) is 1.91. The van der Waals surface area contributed by atoms with Crippen molar-refractivity contribution < 1.29 is 4.79 Å². The van der Waals surface area contributed by atoms with Crippen LogP contribution in [0.1, 0.15) is 32.3 Å². The smallest absolute Gasteiger partial charge is 0.247 e. The number of hydrogen-bond donors (Lipinski definition) is 1. The molecule has 0 saturated carbocycles. The molecule has 0 spiro atoms. The fraction of sp³-hybridized carbons (Fsp3) is 0.571. The number of piperidine rings is 1. The summed E-state index contributed by atoms with van der Waals surface area (Å²) in [6.07, 6.45) is 4.07. The summed E-state index contributed by atoms with van der Waals surface area (Å²) in [5, 5.41) is 3.01. The largest absolute Gasteiger partial charge is 0.342 e. The quantitative estimate of drug-likeness (QED) is 0.763. The molecule has 4 nitrogen and oxygen atoms in total. The van der Waals surface area contributed by atoms with E-state index in [4.69, 9.17) is 0 Å². The second-order valence-electron chi connectivity index (χ2n) is 6.06. The van der Waals surface area contributed by atoms with Crippen LogP contribution in [0.2, 0.25) is 0 Å². The van der Waals surface area contributed by atoms with Gasteiger partial charge in [0.05, 0.1) is 5.69 Å². The molecule has 1 aromatic heterocycles. The molecular formula is C14H19N3O. The molecule has 1 saturated heterocycles. The van der Waals surface area contributed by atoms with E-state index in [1.54, 1.807) is 0 Å². The predicted molar refractivity (Wildman–Crippen MR) is 71.8 cm³/mol. The van der Waals surface area contributed by atoms with Crippen LogP contribution >= 0.6 is 0 Å². The van der Waals surface area contributed by atoms with E-state index in [-0.39, 0.29) is 17.4 Å². The number of fused-ring (bicyclic) bond motifs is 3. The lowest BCUT2D eigenvalue weighted by Crippen LogP contribution is -2.58. The number of carbonyl (C=O) groups excluding carboxylic acids is 1. The summed E-state index contributed by atoms with van der Waals surface area (Å²) < 4.78 is 0. The van der Waals surface area contributed by atoms with E-state index in [0.717, 1.165) is 36.5 Å². The fourth-order valence-electron chi connectivity index (χ4n) is 3.20. The first-order chi connectivity index (χ1) is 8.49. The maximum absolute atomic E-state index is 12.3. The zero-order valence-electron chi connectivity index (χ0n) is 11.2. The number of aromatic nitrogens is 1. The fourth-order valence-corrected chi connectivity index (χ4v) is 3.20. The highest BCUT2D eigenvalue weighted by Crippen LogP contribution is 2.42. The summed E-state index contributed by atoms with van der Waals surface area (Å²) in [6.45, 7) is 7.25. The van der Waals surface area contributed by atoms with Gasteiger partial charge in [-0.15, -0.1) is 0 Å². The van der Waals surface area contributed by atoms with Crippen molar-refractivity contribution in [2.45, 2.75) is 39.7 Å². The van der Waals surface area contributed by atoms with E-state index >= 15 is 0 Å². The molecule has 2 aliphatic heterocycles. The maximum atomic E-state index is 12.3. The molecule has 18 heavy (non-hydrogen) atoms. The van der Waals surface area contributed by atoms with Gasteiger partial charge in [-0.2, -0.15) is 0 Å². The standard InChI is InChI=1S/C14H19N3O/c1-9-7-10-12(15-8-9)17-6-4-5-14(2,3)11(17)13(18)16-10/h7-8,11H,4-6H2,1-3H3,(H,16,18). The van der Waals surface area contributed by atoms with E-state index in [9.17, 15) is 4.79 Å². The lowest BCUT2D eigenvalue weighted by molar-refractivity contribution is -0.120. The zero-order chi connectivity index (χ0) is 12.9. The van der Waals surface area contributed by atoms with E-state index < -0.39 is 0 Å². The molecule has 2 aliphatic rings. The molecule has 1 amide bonds. The molecule has 1 aromatic rings. The Labute approximate surface area is 107 Å². The minimum atomic E-state index is -0.0889. The van der Waals surface area contributed by atoms with Crippen molar-refractivity contribution in [1.82, 2.24) is 4.98 Å². The molecule has 1 atom stereocenters. The molecule has 4 heteroatoms. The maximum Gasteiger partial charge on any atom is 0.247 e. The normalized spacial score (nSPS) is 25.2. The van der Waals surface area contributed by atoms with Crippen LogP contribution in [0.4, 0.5) is 11.5 Å². The van der Waals surface area contributed by atoms with Crippen LogP contribution in [0, 0.1) is 12.3 Å². The van der Waals surface area contributed by atoms with Crippen molar-refractivity contribution in [1.29, 1.82) is 0 Å². The van der Waals surface area contributed by atoms with Gasteiger partial charge in [0.2, 0.25) is 5.91 Å². The van der Waals surface area contributed by atoms with Crippen molar-refractivity contribution in [3.05, 3.63) is 17.8 Å². The first kappa shape index (κ1) is 11.5. The van der Waals surface area contributed by atoms with Crippen molar-refractivity contribution >= 4 is 17.4 Å². The number of pyridine rings is 1. The van der Waals surface area contributed by atoms with Crippen molar-refractivity contribution in [2.75, 3.05) is 16.8 Å². The van der Waals surface area contributed by atoms with Crippen LogP contribution in [0.5, 0.6) is 0 Å². The van der Waals surface area contributed by atoms with E-state index in [0.29, 0.717) is 0 Å². The highest BCUT2D eigenvalue weighted by atomic mass is 16.2.